The van der Waals surface area contributed by atoms with Crippen LogP contribution in [0, 0.1) is 0 Å². The molecule has 146 valence electrons. The first kappa shape index (κ1) is 18.7. The monoisotopic (exact) mass is 397 g/mol. The Kier molecular flexibility index (Phi) is 5.45. The molecule has 0 atom stereocenters. The Labute approximate surface area is 169 Å². The Morgan fingerprint density at radius 3 is 2.71 bits per heavy atom. The molecule has 1 aliphatic rings. The summed E-state index contributed by atoms with van der Waals surface area (Å²) in [6.07, 6.45) is 9.74. The molecule has 7 nitrogen and oxygen atoms in total. The van der Waals surface area contributed by atoms with E-state index in [1.165, 1.54) is 0 Å². The van der Waals surface area contributed by atoms with Crippen molar-refractivity contribution in [3.63, 3.8) is 0 Å². The summed E-state index contributed by atoms with van der Waals surface area (Å²) >= 11 is 6.08. The first-order valence-corrected chi connectivity index (χ1v) is 9.85. The van der Waals surface area contributed by atoms with Gasteiger partial charge in [-0.3, -0.25) is 4.68 Å². The summed E-state index contributed by atoms with van der Waals surface area (Å²) < 4.78 is 1.77. The molecule has 1 aromatic carbocycles. The number of nitrogens with two attached hydrogens (primary N) is 1. The molecular formula is C20H24ClN7. The van der Waals surface area contributed by atoms with E-state index in [0.717, 1.165) is 48.3 Å². The van der Waals surface area contributed by atoms with Gasteiger partial charge in [-0.05, 0) is 43.9 Å². The zero-order valence-corrected chi connectivity index (χ0v) is 16.5. The summed E-state index contributed by atoms with van der Waals surface area (Å²) in [4.78, 5) is 9.24. The molecule has 0 unspecified atom stereocenters. The van der Waals surface area contributed by atoms with Gasteiger partial charge in [0.1, 0.15) is 5.82 Å². The minimum atomic E-state index is 0.307. The van der Waals surface area contributed by atoms with Crippen LogP contribution in [0.3, 0.4) is 0 Å². The van der Waals surface area contributed by atoms with Crippen LogP contribution in [0.15, 0.2) is 42.9 Å². The van der Waals surface area contributed by atoms with Crippen molar-refractivity contribution in [2.75, 3.05) is 10.6 Å². The molecule has 1 aliphatic carbocycles. The van der Waals surface area contributed by atoms with Crippen LogP contribution in [-0.2, 0) is 7.05 Å². The van der Waals surface area contributed by atoms with Crippen LogP contribution in [0.25, 0.3) is 11.1 Å². The Balaban J connectivity index is 1.62. The number of halogens is 1. The Hall–Kier alpha value is -2.64. The molecule has 28 heavy (non-hydrogen) atoms. The fourth-order valence-electron chi connectivity index (χ4n) is 3.48. The number of nitrogens with zero attached hydrogens (tertiary/aromatic N) is 4. The maximum absolute atomic E-state index is 6.08. The van der Waals surface area contributed by atoms with Gasteiger partial charge in [0.15, 0.2) is 0 Å². The number of nitrogens with one attached hydrogen (secondary N) is 2. The van der Waals surface area contributed by atoms with Gasteiger partial charge in [0.05, 0.1) is 6.20 Å². The van der Waals surface area contributed by atoms with Crippen molar-refractivity contribution in [3.8, 4) is 11.1 Å². The molecule has 0 bridgehead atoms. The molecule has 1 saturated carbocycles. The maximum Gasteiger partial charge on any atom is 0.229 e. The third-order valence-corrected chi connectivity index (χ3v) is 5.23. The smallest absolute Gasteiger partial charge is 0.229 e. The van der Waals surface area contributed by atoms with Crippen molar-refractivity contribution in [2.24, 2.45) is 12.8 Å². The third-order valence-electron chi connectivity index (χ3n) is 5.00. The second-order valence-electron chi connectivity index (χ2n) is 7.25. The lowest BCUT2D eigenvalue weighted by atomic mass is 9.91. The molecule has 0 aliphatic heterocycles. The highest BCUT2D eigenvalue weighted by molar-refractivity contribution is 6.30. The normalized spacial score (nSPS) is 19.4. The van der Waals surface area contributed by atoms with E-state index in [1.807, 2.05) is 49.9 Å². The van der Waals surface area contributed by atoms with Gasteiger partial charge in [0.2, 0.25) is 5.95 Å². The van der Waals surface area contributed by atoms with Gasteiger partial charge in [-0.25, -0.2) is 4.98 Å². The lowest BCUT2D eigenvalue weighted by Crippen LogP contribution is -2.33. The largest absolute Gasteiger partial charge is 0.367 e. The van der Waals surface area contributed by atoms with Gasteiger partial charge >= 0.3 is 0 Å². The SMILES string of the molecule is Cn1cc(-c2cnc(Nc3cccc(Cl)c3)nc2N[C@H]2CC[C@@H](N)CC2)cn1. The zero-order valence-electron chi connectivity index (χ0n) is 15.8. The second kappa shape index (κ2) is 8.16. The van der Waals surface area contributed by atoms with E-state index in [2.05, 4.69) is 20.7 Å². The fraction of sp³-hybridized carbons (Fsp3) is 0.350. The van der Waals surface area contributed by atoms with Crippen LogP contribution < -0.4 is 16.4 Å². The quantitative estimate of drug-likeness (QED) is 0.603. The molecule has 4 N–H and O–H groups in total. The lowest BCUT2D eigenvalue weighted by molar-refractivity contribution is 0.410. The van der Waals surface area contributed by atoms with Gasteiger partial charge in [-0.1, -0.05) is 17.7 Å². The van der Waals surface area contributed by atoms with Crippen molar-refractivity contribution in [3.05, 3.63) is 47.9 Å². The number of hydrogen-bond donors (Lipinski definition) is 3. The van der Waals surface area contributed by atoms with Crippen LogP contribution in [0.1, 0.15) is 25.7 Å². The van der Waals surface area contributed by atoms with Gasteiger partial charge in [0, 0.05) is 53.4 Å². The summed E-state index contributed by atoms with van der Waals surface area (Å²) in [6.45, 7) is 0. The van der Waals surface area contributed by atoms with Crippen molar-refractivity contribution in [1.82, 2.24) is 19.7 Å². The molecule has 0 saturated heterocycles. The fourth-order valence-corrected chi connectivity index (χ4v) is 3.67. The zero-order chi connectivity index (χ0) is 19.5. The molecule has 2 aromatic heterocycles. The number of anilines is 3. The second-order valence-corrected chi connectivity index (χ2v) is 7.69. The minimum Gasteiger partial charge on any atom is -0.367 e. The first-order valence-electron chi connectivity index (χ1n) is 9.47. The standard InChI is InChI=1S/C20H24ClN7/c1-28-12-13(10-24-28)18-11-23-20(26-17-4-2-3-14(21)9-17)27-19(18)25-16-7-5-15(22)6-8-16/h2-4,9-12,15-16H,5-8,22H2,1H3,(H2,23,25,26,27)/t15-,16+. The number of aryl methyl sites for hydroxylation is 1. The number of rotatable bonds is 5. The highest BCUT2D eigenvalue weighted by atomic mass is 35.5. The Bertz CT molecular complexity index is 947. The highest BCUT2D eigenvalue weighted by Crippen LogP contribution is 2.30. The van der Waals surface area contributed by atoms with Crippen molar-refractivity contribution < 1.29 is 0 Å². The van der Waals surface area contributed by atoms with E-state index < -0.39 is 0 Å². The summed E-state index contributed by atoms with van der Waals surface area (Å²) in [5.74, 6) is 1.32. The molecular weight excluding hydrogens is 374 g/mol. The molecule has 4 rings (SSSR count). The predicted molar refractivity (Wildman–Crippen MR) is 113 cm³/mol. The van der Waals surface area contributed by atoms with Crippen LogP contribution in [0.4, 0.5) is 17.5 Å². The minimum absolute atomic E-state index is 0.307. The predicted octanol–water partition coefficient (Wildman–Crippen LogP) is 3.96. The lowest BCUT2D eigenvalue weighted by Gasteiger charge is -2.28. The molecule has 1 fully saturated rings. The van der Waals surface area contributed by atoms with Crippen LogP contribution in [-0.4, -0.2) is 31.8 Å². The topological polar surface area (TPSA) is 93.7 Å². The summed E-state index contributed by atoms with van der Waals surface area (Å²) in [6, 6.07) is 8.15. The first-order chi connectivity index (χ1) is 13.6. The number of hydrogen-bond acceptors (Lipinski definition) is 6. The molecule has 3 aromatic rings. The van der Waals surface area contributed by atoms with Crippen LogP contribution in [0.5, 0.6) is 0 Å². The van der Waals surface area contributed by atoms with E-state index in [4.69, 9.17) is 22.3 Å². The van der Waals surface area contributed by atoms with Crippen LogP contribution >= 0.6 is 11.6 Å². The molecule has 8 heteroatoms. The third kappa shape index (κ3) is 4.43. The maximum atomic E-state index is 6.08. The molecule has 0 radical (unpaired) electrons. The summed E-state index contributed by atoms with van der Waals surface area (Å²) in [5, 5.41) is 11.8. The number of benzene rings is 1. The average Bonchev–Trinajstić information content (AvgIpc) is 3.10. The Morgan fingerprint density at radius 2 is 2.00 bits per heavy atom. The number of aromatic nitrogens is 4. The van der Waals surface area contributed by atoms with Gasteiger partial charge in [-0.2, -0.15) is 10.1 Å². The van der Waals surface area contributed by atoms with Crippen molar-refractivity contribution in [2.45, 2.75) is 37.8 Å². The van der Waals surface area contributed by atoms with E-state index in [0.29, 0.717) is 23.1 Å². The van der Waals surface area contributed by atoms with E-state index in [9.17, 15) is 0 Å². The summed E-state index contributed by atoms with van der Waals surface area (Å²) in [5.41, 5.74) is 8.80. The molecule has 2 heterocycles. The Morgan fingerprint density at radius 1 is 1.18 bits per heavy atom. The molecule has 0 spiro atoms. The summed E-state index contributed by atoms with van der Waals surface area (Å²) in [7, 11) is 1.90. The van der Waals surface area contributed by atoms with Gasteiger partial charge in [-0.15, -0.1) is 0 Å². The average molecular weight is 398 g/mol. The van der Waals surface area contributed by atoms with Crippen molar-refractivity contribution in [1.29, 1.82) is 0 Å². The van der Waals surface area contributed by atoms with Gasteiger partial charge < -0.3 is 16.4 Å². The van der Waals surface area contributed by atoms with E-state index in [-0.39, 0.29) is 0 Å². The van der Waals surface area contributed by atoms with Crippen molar-refractivity contribution >= 4 is 29.1 Å². The van der Waals surface area contributed by atoms with Crippen LogP contribution in [0.2, 0.25) is 5.02 Å². The highest BCUT2D eigenvalue weighted by Gasteiger charge is 2.21. The van der Waals surface area contributed by atoms with E-state index >= 15 is 0 Å². The van der Waals surface area contributed by atoms with Gasteiger partial charge in [0.25, 0.3) is 0 Å². The van der Waals surface area contributed by atoms with E-state index in [1.54, 1.807) is 4.68 Å². The molecule has 0 amide bonds.